The average molecular weight is 371 g/mol. The van der Waals surface area contributed by atoms with Crippen LogP contribution in [-0.2, 0) is 13.5 Å². The van der Waals surface area contributed by atoms with Gasteiger partial charge in [-0.1, -0.05) is 31.2 Å². The van der Waals surface area contributed by atoms with Gasteiger partial charge in [-0.05, 0) is 45.5 Å². The van der Waals surface area contributed by atoms with Crippen molar-refractivity contribution in [3.8, 4) is 0 Å². The molecule has 148 valence electrons. The molecule has 0 saturated carbocycles. The molecule has 6 heteroatoms. The Labute approximate surface area is 163 Å². The maximum absolute atomic E-state index is 4.84. The Hall–Kier alpha value is -2.34. The first kappa shape index (κ1) is 21.0. The molecule has 27 heavy (non-hydrogen) atoms. The van der Waals surface area contributed by atoms with Gasteiger partial charge < -0.3 is 15.5 Å². The van der Waals surface area contributed by atoms with E-state index in [1.165, 1.54) is 16.7 Å². The van der Waals surface area contributed by atoms with E-state index >= 15 is 0 Å². The fourth-order valence-corrected chi connectivity index (χ4v) is 3.01. The number of aryl methyl sites for hydroxylation is 2. The summed E-state index contributed by atoms with van der Waals surface area (Å²) in [5.74, 6) is 0.834. The molecule has 2 rings (SSSR count). The van der Waals surface area contributed by atoms with Crippen molar-refractivity contribution in [2.24, 2.45) is 12.0 Å². The number of aromatic nitrogens is 2. The third-order valence-corrected chi connectivity index (χ3v) is 4.74. The first-order valence-corrected chi connectivity index (χ1v) is 9.73. The van der Waals surface area contributed by atoms with E-state index in [0.29, 0.717) is 6.54 Å². The normalized spacial score (nSPS) is 14.3. The topological polar surface area (TPSA) is 57.5 Å². The van der Waals surface area contributed by atoms with Gasteiger partial charge in [0, 0.05) is 25.4 Å². The zero-order valence-electron chi connectivity index (χ0n) is 17.5. The highest BCUT2D eigenvalue weighted by molar-refractivity contribution is 5.80. The maximum Gasteiger partial charge on any atom is 0.191 e. The SMILES string of the molecule is CCNC(=NCC(c1cnn(C)c1)N(C)C)NC(C)c1ccc(CC)cc1. The Balaban J connectivity index is 2.09. The van der Waals surface area contributed by atoms with E-state index in [4.69, 9.17) is 4.99 Å². The molecule has 1 aromatic heterocycles. The molecule has 0 saturated heterocycles. The number of guanidine groups is 1. The van der Waals surface area contributed by atoms with Crippen molar-refractivity contribution in [1.82, 2.24) is 25.3 Å². The first-order chi connectivity index (χ1) is 12.9. The second-order valence-electron chi connectivity index (χ2n) is 7.11. The molecule has 2 aromatic rings. The van der Waals surface area contributed by atoms with Crippen LogP contribution >= 0.6 is 0 Å². The fraction of sp³-hybridized carbons (Fsp3) is 0.524. The molecule has 2 N–H and O–H groups in total. The monoisotopic (exact) mass is 370 g/mol. The Morgan fingerprint density at radius 2 is 1.89 bits per heavy atom. The molecule has 0 fully saturated rings. The number of nitrogens with one attached hydrogen (secondary N) is 2. The summed E-state index contributed by atoms with van der Waals surface area (Å²) < 4.78 is 1.83. The van der Waals surface area contributed by atoms with E-state index in [1.807, 2.05) is 17.9 Å². The number of hydrogen-bond donors (Lipinski definition) is 2. The lowest BCUT2D eigenvalue weighted by Gasteiger charge is -2.23. The summed E-state index contributed by atoms with van der Waals surface area (Å²) in [5, 5.41) is 11.2. The second-order valence-corrected chi connectivity index (χ2v) is 7.11. The Kier molecular flexibility index (Phi) is 7.85. The van der Waals surface area contributed by atoms with Gasteiger partial charge in [-0.3, -0.25) is 9.67 Å². The van der Waals surface area contributed by atoms with Crippen LogP contribution in [0.4, 0.5) is 0 Å². The maximum atomic E-state index is 4.84. The number of benzene rings is 1. The van der Waals surface area contributed by atoms with Gasteiger partial charge in [0.2, 0.25) is 0 Å². The van der Waals surface area contributed by atoms with Crippen molar-refractivity contribution in [3.63, 3.8) is 0 Å². The van der Waals surface area contributed by atoms with E-state index in [2.05, 4.69) is 86.0 Å². The molecular formula is C21H34N6. The highest BCUT2D eigenvalue weighted by Gasteiger charge is 2.16. The van der Waals surface area contributed by atoms with Gasteiger partial charge in [0.15, 0.2) is 5.96 Å². The lowest BCUT2D eigenvalue weighted by atomic mass is 10.1. The summed E-state index contributed by atoms with van der Waals surface area (Å²) in [6.07, 6.45) is 5.03. The number of nitrogens with zero attached hydrogens (tertiary/aromatic N) is 4. The minimum Gasteiger partial charge on any atom is -0.357 e. The van der Waals surface area contributed by atoms with Crippen LogP contribution < -0.4 is 10.6 Å². The van der Waals surface area contributed by atoms with Crippen LogP contribution in [0.2, 0.25) is 0 Å². The highest BCUT2D eigenvalue weighted by Crippen LogP contribution is 2.18. The van der Waals surface area contributed by atoms with E-state index in [0.717, 1.165) is 18.9 Å². The number of likely N-dealkylation sites (N-methyl/N-ethyl adjacent to an activating group) is 1. The molecule has 2 atom stereocenters. The van der Waals surface area contributed by atoms with Gasteiger partial charge in [0.1, 0.15) is 0 Å². The van der Waals surface area contributed by atoms with Crippen molar-refractivity contribution < 1.29 is 0 Å². The largest absolute Gasteiger partial charge is 0.357 e. The molecule has 2 unspecified atom stereocenters. The molecule has 1 heterocycles. The van der Waals surface area contributed by atoms with Gasteiger partial charge in [-0.15, -0.1) is 0 Å². The molecule has 1 aromatic carbocycles. The van der Waals surface area contributed by atoms with Crippen LogP contribution in [0.15, 0.2) is 41.7 Å². The van der Waals surface area contributed by atoms with Crippen molar-refractivity contribution in [2.75, 3.05) is 27.2 Å². The van der Waals surface area contributed by atoms with Gasteiger partial charge in [-0.2, -0.15) is 5.10 Å². The predicted molar refractivity (Wildman–Crippen MR) is 113 cm³/mol. The van der Waals surface area contributed by atoms with E-state index in [-0.39, 0.29) is 12.1 Å². The van der Waals surface area contributed by atoms with Gasteiger partial charge in [0.05, 0.1) is 24.8 Å². The van der Waals surface area contributed by atoms with Crippen LogP contribution in [-0.4, -0.2) is 47.8 Å². The minimum atomic E-state index is 0.185. The molecule has 6 nitrogen and oxygen atoms in total. The minimum absolute atomic E-state index is 0.185. The molecule has 0 aliphatic carbocycles. The van der Waals surface area contributed by atoms with Crippen LogP contribution in [0, 0.1) is 0 Å². The van der Waals surface area contributed by atoms with Crippen LogP contribution in [0.25, 0.3) is 0 Å². The summed E-state index contributed by atoms with van der Waals surface area (Å²) in [4.78, 5) is 7.01. The van der Waals surface area contributed by atoms with Crippen molar-refractivity contribution in [1.29, 1.82) is 0 Å². The molecule has 0 bridgehead atoms. The molecule has 0 amide bonds. The molecule has 0 aliphatic rings. The smallest absolute Gasteiger partial charge is 0.191 e. The zero-order valence-corrected chi connectivity index (χ0v) is 17.5. The number of hydrogen-bond acceptors (Lipinski definition) is 3. The Bertz CT molecular complexity index is 717. The Morgan fingerprint density at radius 1 is 1.19 bits per heavy atom. The summed E-state index contributed by atoms with van der Waals surface area (Å²) in [5.41, 5.74) is 3.79. The molecule has 0 aliphatic heterocycles. The van der Waals surface area contributed by atoms with Crippen molar-refractivity contribution >= 4 is 5.96 Å². The molecule has 0 radical (unpaired) electrons. The van der Waals surface area contributed by atoms with Crippen LogP contribution in [0.3, 0.4) is 0 Å². The lowest BCUT2D eigenvalue weighted by molar-refractivity contribution is 0.306. The number of rotatable bonds is 8. The van der Waals surface area contributed by atoms with Crippen molar-refractivity contribution in [2.45, 2.75) is 39.3 Å². The highest BCUT2D eigenvalue weighted by atomic mass is 15.3. The third kappa shape index (κ3) is 6.10. The standard InChI is InChI=1S/C21H34N6/c1-7-17-9-11-18(12-10-17)16(3)25-21(22-8-2)23-14-20(26(4)5)19-13-24-27(6)15-19/h9-13,15-16,20H,7-8,14H2,1-6H3,(H2,22,23,25). The second kappa shape index (κ2) is 10.1. The van der Waals surface area contributed by atoms with Crippen LogP contribution in [0.5, 0.6) is 0 Å². The zero-order chi connectivity index (χ0) is 19.8. The summed E-state index contributed by atoms with van der Waals surface area (Å²) >= 11 is 0. The van der Waals surface area contributed by atoms with Crippen molar-refractivity contribution in [3.05, 3.63) is 53.3 Å². The van der Waals surface area contributed by atoms with Gasteiger partial charge >= 0.3 is 0 Å². The van der Waals surface area contributed by atoms with Gasteiger partial charge in [-0.25, -0.2) is 0 Å². The summed E-state index contributed by atoms with van der Waals surface area (Å²) in [6.45, 7) is 7.92. The molecule has 0 spiro atoms. The quantitative estimate of drug-likeness (QED) is 0.554. The van der Waals surface area contributed by atoms with Gasteiger partial charge in [0.25, 0.3) is 0 Å². The first-order valence-electron chi connectivity index (χ1n) is 9.73. The lowest BCUT2D eigenvalue weighted by Crippen LogP contribution is -2.39. The summed E-state index contributed by atoms with van der Waals surface area (Å²) in [6, 6.07) is 9.15. The summed E-state index contributed by atoms with van der Waals surface area (Å²) in [7, 11) is 6.09. The van der Waals surface area contributed by atoms with Crippen LogP contribution in [0.1, 0.15) is 49.5 Å². The number of aliphatic imine (C=N–C) groups is 1. The molecular weight excluding hydrogens is 336 g/mol. The van der Waals surface area contributed by atoms with E-state index in [1.54, 1.807) is 0 Å². The average Bonchev–Trinajstić information content (AvgIpc) is 3.07. The van der Waals surface area contributed by atoms with E-state index < -0.39 is 0 Å². The Morgan fingerprint density at radius 3 is 2.41 bits per heavy atom. The van der Waals surface area contributed by atoms with E-state index in [9.17, 15) is 0 Å². The fourth-order valence-electron chi connectivity index (χ4n) is 3.01. The predicted octanol–water partition coefficient (Wildman–Crippen LogP) is 2.90. The third-order valence-electron chi connectivity index (χ3n) is 4.74.